The number of fused-ring (bicyclic) bond motifs is 4. The largest absolute Gasteiger partial charge is 0.504 e. The quantitative estimate of drug-likeness (QED) is 0.273. The topological polar surface area (TPSA) is 147 Å². The molecule has 1 saturated heterocycles. The minimum Gasteiger partial charge on any atom is -0.504 e. The summed E-state index contributed by atoms with van der Waals surface area (Å²) in [7, 11) is 4.34. The lowest BCUT2D eigenvalue weighted by molar-refractivity contribution is -0.167. The summed E-state index contributed by atoms with van der Waals surface area (Å²) >= 11 is 0. The molecule has 6 rings (SSSR count). The Bertz CT molecular complexity index is 1670. The Hall–Kier alpha value is -4.48. The maximum Gasteiger partial charge on any atom is 0.231 e. The number of hydrogen-bond donors (Lipinski definition) is 4. The predicted molar refractivity (Wildman–Crippen MR) is 171 cm³/mol. The van der Waals surface area contributed by atoms with Gasteiger partial charge in [0.2, 0.25) is 11.8 Å². The fourth-order valence-electron chi connectivity index (χ4n) is 7.69. The van der Waals surface area contributed by atoms with Crippen LogP contribution in [0.25, 0.3) is 0 Å². The number of ether oxygens (including phenoxy) is 4. The first-order valence-corrected chi connectivity index (χ1v) is 16.0. The first-order chi connectivity index (χ1) is 22.6. The second-order valence-corrected chi connectivity index (χ2v) is 12.6. The average molecular weight is 647 g/mol. The van der Waals surface area contributed by atoms with Crippen LogP contribution in [0, 0.1) is 11.8 Å². The second kappa shape index (κ2) is 12.3. The number of phenols is 1. The summed E-state index contributed by atoms with van der Waals surface area (Å²) in [6, 6.07) is 16.9. The minimum atomic E-state index is -2.26. The summed E-state index contributed by atoms with van der Waals surface area (Å²) in [5, 5.41) is 39.7. The molecule has 250 valence electrons. The Morgan fingerprint density at radius 1 is 1.04 bits per heavy atom. The number of hydrogen-bond acceptors (Lipinski definition) is 9. The molecule has 3 aromatic rings. The molecule has 3 aromatic carbocycles. The molecule has 0 spiro atoms. The fourth-order valence-corrected chi connectivity index (χ4v) is 7.69. The Labute approximate surface area is 274 Å². The van der Waals surface area contributed by atoms with Crippen molar-refractivity contribution in [2.75, 3.05) is 27.9 Å². The molecule has 3 aliphatic rings. The van der Waals surface area contributed by atoms with Crippen LogP contribution in [0.1, 0.15) is 55.7 Å². The lowest BCUT2D eigenvalue weighted by Gasteiger charge is -2.45. The number of nitrogens with zero attached hydrogens (tertiary/aromatic N) is 1. The Morgan fingerprint density at radius 3 is 2.40 bits per heavy atom. The van der Waals surface area contributed by atoms with E-state index in [0.29, 0.717) is 42.7 Å². The number of carbonyl (C=O) groups is 2. The Morgan fingerprint density at radius 2 is 1.77 bits per heavy atom. The SMILES string of the molecule is CC[C@H](C)C(=O)N[C@@H]1CCCN1C(=O)[C@@H]1[C@@H](c2ccccc2)[C@]2(c3ccc(OC)c(O)c3)Oc3cc(OC)cc(OC)c3[C@@]1(O)[C@H]2O. The average Bonchev–Trinajstić information content (AvgIpc) is 3.59. The van der Waals surface area contributed by atoms with Crippen LogP contribution in [0.4, 0.5) is 0 Å². The van der Waals surface area contributed by atoms with E-state index in [0.717, 1.165) is 0 Å². The zero-order valence-corrected chi connectivity index (χ0v) is 27.2. The van der Waals surface area contributed by atoms with E-state index >= 15 is 4.79 Å². The molecule has 1 aliphatic carbocycles. The minimum absolute atomic E-state index is 0.109. The fraction of sp³-hybridized carbons (Fsp3) is 0.444. The van der Waals surface area contributed by atoms with E-state index in [9.17, 15) is 20.1 Å². The third-order valence-electron chi connectivity index (χ3n) is 10.2. The summed E-state index contributed by atoms with van der Waals surface area (Å²) in [5.74, 6) is -2.48. The van der Waals surface area contributed by atoms with Gasteiger partial charge in [-0.3, -0.25) is 9.59 Å². The third-order valence-corrected chi connectivity index (χ3v) is 10.2. The number of rotatable bonds is 9. The van der Waals surface area contributed by atoms with E-state index in [1.165, 1.54) is 27.4 Å². The van der Waals surface area contributed by atoms with Gasteiger partial charge >= 0.3 is 0 Å². The van der Waals surface area contributed by atoms with Crippen molar-refractivity contribution in [1.29, 1.82) is 0 Å². The maximum absolute atomic E-state index is 15.1. The highest BCUT2D eigenvalue weighted by atomic mass is 16.5. The van der Waals surface area contributed by atoms with Crippen LogP contribution in [-0.2, 0) is 20.8 Å². The maximum atomic E-state index is 15.1. The van der Waals surface area contributed by atoms with Gasteiger partial charge in [-0.2, -0.15) is 0 Å². The van der Waals surface area contributed by atoms with Crippen LogP contribution in [0.5, 0.6) is 28.7 Å². The molecule has 0 radical (unpaired) electrons. The summed E-state index contributed by atoms with van der Waals surface area (Å²) in [4.78, 5) is 29.8. The predicted octanol–water partition coefficient (Wildman–Crippen LogP) is 3.78. The van der Waals surface area contributed by atoms with Gasteiger partial charge < -0.3 is 44.5 Å². The van der Waals surface area contributed by atoms with Crippen molar-refractivity contribution in [1.82, 2.24) is 10.2 Å². The van der Waals surface area contributed by atoms with E-state index in [-0.39, 0.29) is 40.4 Å². The third kappa shape index (κ3) is 4.86. The summed E-state index contributed by atoms with van der Waals surface area (Å²) in [6.07, 6.45) is -0.492. The molecule has 11 heteroatoms. The van der Waals surface area contributed by atoms with Gasteiger partial charge in [-0.25, -0.2) is 0 Å². The Balaban J connectivity index is 1.62. The van der Waals surface area contributed by atoms with Crippen LogP contribution in [0.15, 0.2) is 60.7 Å². The number of benzene rings is 3. The standard InChI is InChI=1S/C36H42N2O9/c1-6-20(2)32(40)37-28-13-10-16-38(28)33(41)31-29(21-11-8-7-9-12-21)36(22-14-15-25(45-4)24(39)17-22)34(42)35(31,43)30-26(46-5)18-23(44-3)19-27(30)47-36/h7-9,11-12,14-15,17-20,28-29,31,34,39,42-43H,6,10,13,16H2,1-5H3,(H,37,40)/t20-,28-,29+,31-,34+,35-,36-/m0/s1. The van der Waals surface area contributed by atoms with Gasteiger partial charge in [0, 0.05) is 36.1 Å². The summed E-state index contributed by atoms with van der Waals surface area (Å²) in [5.41, 5.74) is -3.00. The van der Waals surface area contributed by atoms with E-state index in [4.69, 9.17) is 18.9 Å². The highest BCUT2D eigenvalue weighted by molar-refractivity contribution is 5.86. The van der Waals surface area contributed by atoms with Gasteiger partial charge in [-0.15, -0.1) is 0 Å². The van der Waals surface area contributed by atoms with Gasteiger partial charge in [0.1, 0.15) is 35.1 Å². The highest BCUT2D eigenvalue weighted by Gasteiger charge is 2.76. The van der Waals surface area contributed by atoms with Gasteiger partial charge in [0.05, 0.1) is 32.8 Å². The van der Waals surface area contributed by atoms with Crippen LogP contribution in [0.3, 0.4) is 0 Å². The molecular formula is C36H42N2O9. The van der Waals surface area contributed by atoms with Crippen molar-refractivity contribution in [3.8, 4) is 28.7 Å². The number of aliphatic hydroxyl groups is 2. The van der Waals surface area contributed by atoms with Crippen LogP contribution in [-0.4, -0.2) is 72.2 Å². The van der Waals surface area contributed by atoms with Crippen molar-refractivity contribution in [2.45, 2.75) is 62.5 Å². The van der Waals surface area contributed by atoms with Crippen molar-refractivity contribution in [2.24, 2.45) is 11.8 Å². The molecule has 2 bridgehead atoms. The van der Waals surface area contributed by atoms with Gasteiger partial charge in [-0.05, 0) is 37.0 Å². The normalized spacial score (nSPS) is 28.2. The highest BCUT2D eigenvalue weighted by Crippen LogP contribution is 2.68. The summed E-state index contributed by atoms with van der Waals surface area (Å²) < 4.78 is 23.5. The molecule has 7 atom stereocenters. The molecule has 0 unspecified atom stereocenters. The van der Waals surface area contributed by atoms with Crippen molar-refractivity contribution >= 4 is 11.8 Å². The number of amides is 2. The second-order valence-electron chi connectivity index (χ2n) is 12.6. The van der Waals surface area contributed by atoms with Gasteiger partial charge in [-0.1, -0.05) is 50.2 Å². The van der Waals surface area contributed by atoms with Crippen LogP contribution < -0.4 is 24.3 Å². The van der Waals surface area contributed by atoms with Gasteiger partial charge in [0.25, 0.3) is 0 Å². The molecule has 0 aromatic heterocycles. The molecule has 2 amide bonds. The number of likely N-dealkylation sites (tertiary alicyclic amines) is 1. The lowest BCUT2D eigenvalue weighted by Crippen LogP contribution is -2.56. The van der Waals surface area contributed by atoms with Crippen molar-refractivity contribution in [3.05, 3.63) is 77.4 Å². The number of aliphatic hydroxyl groups excluding tert-OH is 1. The van der Waals surface area contributed by atoms with Crippen LogP contribution in [0.2, 0.25) is 0 Å². The first-order valence-electron chi connectivity index (χ1n) is 16.0. The zero-order valence-electron chi connectivity index (χ0n) is 27.2. The first kappa shape index (κ1) is 32.5. The lowest BCUT2D eigenvalue weighted by atomic mass is 9.75. The van der Waals surface area contributed by atoms with Crippen molar-refractivity contribution < 1.29 is 43.9 Å². The zero-order chi connectivity index (χ0) is 33.7. The van der Waals surface area contributed by atoms with E-state index in [2.05, 4.69) is 5.32 Å². The number of methoxy groups -OCH3 is 3. The number of aromatic hydroxyl groups is 1. The molecule has 2 heterocycles. The molecule has 11 nitrogen and oxygen atoms in total. The molecule has 2 fully saturated rings. The van der Waals surface area contributed by atoms with Crippen LogP contribution >= 0.6 is 0 Å². The van der Waals surface area contributed by atoms with E-state index in [1.807, 2.05) is 44.2 Å². The number of phenolic OH excluding ortho intramolecular Hbond substituents is 1. The van der Waals surface area contributed by atoms with Crippen molar-refractivity contribution in [3.63, 3.8) is 0 Å². The monoisotopic (exact) mass is 646 g/mol. The summed E-state index contributed by atoms with van der Waals surface area (Å²) in [6.45, 7) is 4.11. The van der Waals surface area contributed by atoms with E-state index in [1.54, 1.807) is 29.2 Å². The Kier molecular flexibility index (Phi) is 8.48. The molecule has 4 N–H and O–H groups in total. The molecule has 1 saturated carbocycles. The number of carbonyl (C=O) groups excluding carboxylic acids is 2. The molecule has 47 heavy (non-hydrogen) atoms. The molecule has 2 aliphatic heterocycles. The molecular weight excluding hydrogens is 604 g/mol. The van der Waals surface area contributed by atoms with E-state index < -0.39 is 41.2 Å². The number of nitrogens with one attached hydrogen (secondary N) is 1. The van der Waals surface area contributed by atoms with Gasteiger partial charge in [0.15, 0.2) is 17.1 Å². The smallest absolute Gasteiger partial charge is 0.231 e.